The summed E-state index contributed by atoms with van der Waals surface area (Å²) in [6.45, 7) is 12.8. The second kappa shape index (κ2) is 7.51. The Labute approximate surface area is 141 Å². The molecule has 1 rings (SSSR count). The van der Waals surface area contributed by atoms with E-state index in [4.69, 9.17) is 11.2 Å². The van der Waals surface area contributed by atoms with Crippen molar-refractivity contribution in [2.75, 3.05) is 13.2 Å². The molecule has 1 unspecified atom stereocenters. The van der Waals surface area contributed by atoms with Crippen LogP contribution in [0.2, 0.25) is 0 Å². The third-order valence-corrected chi connectivity index (χ3v) is 4.31. The molecule has 1 saturated heterocycles. The normalized spacial score (nSPS) is 23.4. The number of hydrogen-bond acceptors (Lipinski definition) is 4. The third-order valence-electron chi connectivity index (χ3n) is 4.31. The van der Waals surface area contributed by atoms with E-state index in [9.17, 15) is 10.2 Å². The van der Waals surface area contributed by atoms with Gasteiger partial charge in [0.2, 0.25) is 0 Å². The Morgan fingerprint density at radius 2 is 1.73 bits per heavy atom. The van der Waals surface area contributed by atoms with Gasteiger partial charge in [-0.15, -0.1) is 18.8 Å². The van der Waals surface area contributed by atoms with Crippen molar-refractivity contribution in [2.24, 2.45) is 0 Å². The molecule has 1 atom stereocenters. The number of aliphatic hydroxyl groups excluding tert-OH is 2. The number of halogens is 1. The average molecular weight is 334 g/mol. The summed E-state index contributed by atoms with van der Waals surface area (Å²) >= 11 is 0. The molecular formula is C17H32ClNO3. The van der Waals surface area contributed by atoms with E-state index in [0.29, 0.717) is 19.4 Å². The van der Waals surface area contributed by atoms with Gasteiger partial charge >= 0.3 is 0 Å². The summed E-state index contributed by atoms with van der Waals surface area (Å²) in [7, 11) is 0. The van der Waals surface area contributed by atoms with E-state index in [-0.39, 0.29) is 36.2 Å². The Kier molecular flexibility index (Phi) is 7.40. The van der Waals surface area contributed by atoms with Gasteiger partial charge in [-0.05, 0) is 54.4 Å². The van der Waals surface area contributed by atoms with Gasteiger partial charge in [0.05, 0.1) is 18.8 Å². The van der Waals surface area contributed by atoms with Crippen LogP contribution in [0.3, 0.4) is 0 Å². The zero-order valence-electron chi connectivity index (χ0n) is 14.7. The number of β-amino-alcohol motifs (C(OH)–C–C–N with tert-alkyl or cyclic N) is 1. The standard InChI is InChI=1S/C17H31NO3.ClH/c1-8-17(6,7)21-12-14(20)11-18-15(2,3)9-13(19)10-16(18,4)5;/h1,13-14,19-20H,9-12H2,2-7H3;1H. The van der Waals surface area contributed by atoms with Crippen molar-refractivity contribution in [3.8, 4) is 12.3 Å². The first-order valence-electron chi connectivity index (χ1n) is 7.65. The molecule has 0 aromatic heterocycles. The monoisotopic (exact) mass is 333 g/mol. The molecule has 1 aliphatic heterocycles. The molecule has 130 valence electrons. The van der Waals surface area contributed by atoms with Crippen LogP contribution in [-0.2, 0) is 4.74 Å². The highest BCUT2D eigenvalue weighted by atomic mass is 35.5. The summed E-state index contributed by atoms with van der Waals surface area (Å²) in [5, 5.41) is 20.3. The number of rotatable bonds is 5. The van der Waals surface area contributed by atoms with Crippen LogP contribution in [0.5, 0.6) is 0 Å². The number of likely N-dealkylation sites (tertiary alicyclic amines) is 1. The van der Waals surface area contributed by atoms with E-state index < -0.39 is 11.7 Å². The second-order valence-electron chi connectivity index (χ2n) is 7.92. The molecular weight excluding hydrogens is 302 g/mol. The van der Waals surface area contributed by atoms with Crippen molar-refractivity contribution in [1.29, 1.82) is 0 Å². The molecule has 0 bridgehead atoms. The quantitative estimate of drug-likeness (QED) is 0.757. The highest BCUT2D eigenvalue weighted by molar-refractivity contribution is 5.85. The number of ether oxygens (including phenoxy) is 1. The maximum atomic E-state index is 10.3. The fraction of sp³-hybridized carbons (Fsp3) is 0.882. The Balaban J connectivity index is 0.00000441. The van der Waals surface area contributed by atoms with Gasteiger partial charge in [0.1, 0.15) is 5.60 Å². The fourth-order valence-electron chi connectivity index (χ4n) is 3.37. The topological polar surface area (TPSA) is 52.9 Å². The molecule has 0 spiro atoms. The Morgan fingerprint density at radius 3 is 2.14 bits per heavy atom. The first kappa shape index (κ1) is 21.7. The molecule has 0 aliphatic carbocycles. The van der Waals surface area contributed by atoms with E-state index in [1.807, 2.05) is 13.8 Å². The minimum atomic E-state index is -0.663. The summed E-state index contributed by atoms with van der Waals surface area (Å²) < 4.78 is 5.58. The van der Waals surface area contributed by atoms with Gasteiger partial charge in [0.25, 0.3) is 0 Å². The molecule has 1 heterocycles. The van der Waals surface area contributed by atoms with Crippen LogP contribution in [0.1, 0.15) is 54.4 Å². The molecule has 1 fully saturated rings. The lowest BCUT2D eigenvalue weighted by atomic mass is 9.78. The van der Waals surface area contributed by atoms with Crippen LogP contribution in [0, 0.1) is 12.3 Å². The van der Waals surface area contributed by atoms with Crippen molar-refractivity contribution in [2.45, 2.75) is 83.3 Å². The zero-order valence-corrected chi connectivity index (χ0v) is 15.5. The predicted molar refractivity (Wildman–Crippen MR) is 92.2 cm³/mol. The number of aliphatic hydroxyl groups is 2. The van der Waals surface area contributed by atoms with E-state index in [2.05, 4.69) is 38.5 Å². The molecule has 22 heavy (non-hydrogen) atoms. The van der Waals surface area contributed by atoms with Crippen LogP contribution >= 0.6 is 12.4 Å². The molecule has 2 N–H and O–H groups in total. The smallest absolute Gasteiger partial charge is 0.122 e. The van der Waals surface area contributed by atoms with Gasteiger partial charge in [-0.25, -0.2) is 0 Å². The minimum Gasteiger partial charge on any atom is -0.393 e. The zero-order chi connectivity index (χ0) is 16.5. The maximum Gasteiger partial charge on any atom is 0.122 e. The molecule has 0 saturated carbocycles. The van der Waals surface area contributed by atoms with Gasteiger partial charge in [0, 0.05) is 17.6 Å². The Hall–Kier alpha value is -0.310. The lowest BCUT2D eigenvalue weighted by Gasteiger charge is -2.55. The molecule has 1 aliphatic rings. The number of piperidine rings is 1. The van der Waals surface area contributed by atoms with Crippen molar-refractivity contribution >= 4 is 12.4 Å². The first-order valence-corrected chi connectivity index (χ1v) is 7.65. The van der Waals surface area contributed by atoms with Gasteiger partial charge in [-0.3, -0.25) is 4.90 Å². The van der Waals surface area contributed by atoms with Gasteiger partial charge < -0.3 is 14.9 Å². The van der Waals surface area contributed by atoms with Crippen molar-refractivity contribution in [1.82, 2.24) is 4.90 Å². The van der Waals surface area contributed by atoms with Crippen LogP contribution < -0.4 is 0 Å². The van der Waals surface area contributed by atoms with Crippen molar-refractivity contribution in [3.63, 3.8) is 0 Å². The van der Waals surface area contributed by atoms with E-state index in [1.165, 1.54) is 0 Å². The van der Waals surface area contributed by atoms with E-state index in [1.54, 1.807) is 0 Å². The van der Waals surface area contributed by atoms with E-state index >= 15 is 0 Å². The highest BCUT2D eigenvalue weighted by Crippen LogP contribution is 2.38. The van der Waals surface area contributed by atoms with Crippen molar-refractivity contribution in [3.05, 3.63) is 0 Å². The summed E-state index contributed by atoms with van der Waals surface area (Å²) in [6.07, 6.45) is 5.90. The van der Waals surface area contributed by atoms with Gasteiger partial charge in [0.15, 0.2) is 0 Å². The van der Waals surface area contributed by atoms with Gasteiger partial charge in [-0.1, -0.05) is 5.92 Å². The second-order valence-corrected chi connectivity index (χ2v) is 7.92. The largest absolute Gasteiger partial charge is 0.393 e. The molecule has 0 aromatic rings. The van der Waals surface area contributed by atoms with Crippen LogP contribution in [0.15, 0.2) is 0 Å². The number of hydrogen-bond donors (Lipinski definition) is 2. The summed E-state index contributed by atoms with van der Waals surface area (Å²) in [6, 6.07) is 0. The predicted octanol–water partition coefficient (Wildman–Crippen LogP) is 2.21. The maximum absolute atomic E-state index is 10.3. The average Bonchev–Trinajstić information content (AvgIpc) is 2.30. The first-order chi connectivity index (χ1) is 9.39. The molecule has 4 nitrogen and oxygen atoms in total. The summed E-state index contributed by atoms with van der Waals surface area (Å²) in [4.78, 5) is 2.27. The highest BCUT2D eigenvalue weighted by Gasteiger charge is 2.45. The molecule has 5 heteroatoms. The fourth-order valence-corrected chi connectivity index (χ4v) is 3.37. The third kappa shape index (κ3) is 5.72. The molecule has 0 aromatic carbocycles. The summed E-state index contributed by atoms with van der Waals surface area (Å²) in [5.74, 6) is 2.56. The van der Waals surface area contributed by atoms with E-state index in [0.717, 1.165) is 0 Å². The Bertz CT molecular complexity index is 383. The van der Waals surface area contributed by atoms with Crippen LogP contribution in [-0.4, -0.2) is 57.2 Å². The minimum absolute atomic E-state index is 0. The SMILES string of the molecule is C#CC(C)(C)OCC(O)CN1C(C)(C)CC(O)CC1(C)C.Cl. The van der Waals surface area contributed by atoms with Crippen molar-refractivity contribution < 1.29 is 14.9 Å². The number of nitrogens with zero attached hydrogens (tertiary/aromatic N) is 1. The van der Waals surface area contributed by atoms with Crippen LogP contribution in [0.25, 0.3) is 0 Å². The molecule has 0 amide bonds. The molecule has 0 radical (unpaired) electrons. The summed E-state index contributed by atoms with van der Waals surface area (Å²) in [5.41, 5.74) is -0.988. The van der Waals surface area contributed by atoms with Crippen LogP contribution in [0.4, 0.5) is 0 Å². The van der Waals surface area contributed by atoms with Gasteiger partial charge in [-0.2, -0.15) is 0 Å². The Morgan fingerprint density at radius 1 is 1.27 bits per heavy atom. The number of terminal acetylenes is 1. The lowest BCUT2D eigenvalue weighted by Crippen LogP contribution is -2.63. The lowest BCUT2D eigenvalue weighted by molar-refractivity contribution is -0.111.